The van der Waals surface area contributed by atoms with Crippen molar-refractivity contribution < 1.29 is 18.0 Å². The minimum atomic E-state index is -4.50. The van der Waals surface area contributed by atoms with E-state index in [2.05, 4.69) is 31.4 Å². The molecule has 3 rings (SSSR count). The molecule has 1 aromatic carbocycles. The Labute approximate surface area is 164 Å². The summed E-state index contributed by atoms with van der Waals surface area (Å²) in [5.41, 5.74) is 0.545. The summed E-state index contributed by atoms with van der Waals surface area (Å²) < 4.78 is 38.4. The number of rotatable bonds is 2. The predicted molar refractivity (Wildman–Crippen MR) is 96.9 cm³/mol. The number of nitrogens with zero attached hydrogens (tertiary/aromatic N) is 4. The first-order valence-electron chi connectivity index (χ1n) is 7.41. The van der Waals surface area contributed by atoms with E-state index in [-0.39, 0.29) is 11.2 Å². The Morgan fingerprint density at radius 1 is 1.23 bits per heavy atom. The van der Waals surface area contributed by atoms with Crippen LogP contribution in [0.5, 0.6) is 0 Å². The number of nitrogens with one attached hydrogen (secondary N) is 1. The summed E-state index contributed by atoms with van der Waals surface area (Å²) in [7, 11) is 0. The summed E-state index contributed by atoms with van der Waals surface area (Å²) in [5.74, 6) is 0. The molecule has 0 unspecified atom stereocenters. The molecule has 0 radical (unpaired) electrons. The van der Waals surface area contributed by atoms with Gasteiger partial charge in [-0.15, -0.1) is 10.2 Å². The van der Waals surface area contributed by atoms with Crippen molar-refractivity contribution in [2.75, 3.05) is 36.4 Å². The number of piperazine rings is 1. The standard InChI is InChI=1S/C14H12BrClF3N5OS/c15-10-8(16)2-1-3-9(10)20-12(25)23-4-6-24(7-5-23)13-22-21-11(26-13)14(17,18)19/h1-3H,4-7H2,(H,20,25). The molecule has 0 atom stereocenters. The first kappa shape index (κ1) is 19.2. The van der Waals surface area contributed by atoms with E-state index in [1.165, 1.54) is 0 Å². The van der Waals surface area contributed by atoms with Gasteiger partial charge in [0.2, 0.25) is 10.1 Å². The maximum Gasteiger partial charge on any atom is 0.445 e. The normalized spacial score (nSPS) is 15.3. The van der Waals surface area contributed by atoms with Crippen molar-refractivity contribution >= 4 is 55.7 Å². The van der Waals surface area contributed by atoms with Gasteiger partial charge in [-0.2, -0.15) is 13.2 Å². The second-order valence-electron chi connectivity index (χ2n) is 5.39. The van der Waals surface area contributed by atoms with Gasteiger partial charge in [0.25, 0.3) is 0 Å². The number of carbonyl (C=O) groups excluding carboxylic acids is 1. The second kappa shape index (κ2) is 7.57. The Bertz CT molecular complexity index is 810. The van der Waals surface area contributed by atoms with Crippen molar-refractivity contribution in [3.8, 4) is 0 Å². The van der Waals surface area contributed by atoms with Gasteiger partial charge >= 0.3 is 12.2 Å². The number of amides is 2. The van der Waals surface area contributed by atoms with Crippen molar-refractivity contribution in [1.82, 2.24) is 15.1 Å². The lowest BCUT2D eigenvalue weighted by molar-refractivity contribution is -0.138. The third-order valence-corrected chi connectivity index (χ3v) is 6.11. The monoisotopic (exact) mass is 469 g/mol. The summed E-state index contributed by atoms with van der Waals surface area (Å²) in [6.07, 6.45) is -4.50. The van der Waals surface area contributed by atoms with Gasteiger partial charge in [-0.1, -0.05) is 29.0 Å². The first-order chi connectivity index (χ1) is 12.3. The summed E-state index contributed by atoms with van der Waals surface area (Å²) >= 11 is 9.81. The van der Waals surface area contributed by atoms with Gasteiger partial charge in [0.15, 0.2) is 0 Å². The summed E-state index contributed by atoms with van der Waals surface area (Å²) in [6, 6.07) is 4.82. The van der Waals surface area contributed by atoms with Crippen LogP contribution in [-0.4, -0.2) is 47.3 Å². The number of carbonyl (C=O) groups is 1. The van der Waals surface area contributed by atoms with Crippen LogP contribution in [0.4, 0.5) is 28.8 Å². The molecule has 1 aliphatic rings. The van der Waals surface area contributed by atoms with Crippen LogP contribution < -0.4 is 10.2 Å². The minimum absolute atomic E-state index is 0.204. The molecule has 0 saturated carbocycles. The van der Waals surface area contributed by atoms with Crippen molar-refractivity contribution in [3.63, 3.8) is 0 Å². The molecule has 0 bridgehead atoms. The molecule has 1 fully saturated rings. The molecule has 2 aromatic rings. The van der Waals surface area contributed by atoms with E-state index in [0.717, 1.165) is 0 Å². The molecular weight excluding hydrogens is 459 g/mol. The number of alkyl halides is 3. The Balaban J connectivity index is 1.59. The Morgan fingerprint density at radius 2 is 1.92 bits per heavy atom. The topological polar surface area (TPSA) is 61.4 Å². The van der Waals surface area contributed by atoms with Gasteiger partial charge in [-0.3, -0.25) is 0 Å². The molecule has 2 heterocycles. The van der Waals surface area contributed by atoms with Crippen molar-refractivity contribution in [1.29, 1.82) is 0 Å². The molecule has 1 N–H and O–H groups in total. The van der Waals surface area contributed by atoms with E-state index in [9.17, 15) is 18.0 Å². The molecular formula is C14H12BrClF3N5OS. The average molecular weight is 471 g/mol. The van der Waals surface area contributed by atoms with Gasteiger partial charge < -0.3 is 15.1 Å². The van der Waals surface area contributed by atoms with Gasteiger partial charge in [-0.25, -0.2) is 4.79 Å². The van der Waals surface area contributed by atoms with Crippen LogP contribution in [-0.2, 0) is 6.18 Å². The molecule has 1 saturated heterocycles. The van der Waals surface area contributed by atoms with E-state index in [1.54, 1.807) is 28.0 Å². The summed E-state index contributed by atoms with van der Waals surface area (Å²) in [6.45, 7) is 1.45. The molecule has 1 aliphatic heterocycles. The summed E-state index contributed by atoms with van der Waals surface area (Å²) in [4.78, 5) is 15.6. The lowest BCUT2D eigenvalue weighted by atomic mass is 10.3. The van der Waals surface area contributed by atoms with E-state index < -0.39 is 11.2 Å². The minimum Gasteiger partial charge on any atom is -0.343 e. The molecule has 0 spiro atoms. The number of aromatic nitrogens is 2. The largest absolute Gasteiger partial charge is 0.445 e. The maximum atomic E-state index is 12.6. The first-order valence-corrected chi connectivity index (χ1v) is 9.40. The van der Waals surface area contributed by atoms with E-state index in [4.69, 9.17) is 11.6 Å². The molecule has 140 valence electrons. The van der Waals surface area contributed by atoms with E-state index in [1.807, 2.05) is 0 Å². The van der Waals surface area contributed by atoms with Crippen LogP contribution in [0.3, 0.4) is 0 Å². The smallest absolute Gasteiger partial charge is 0.343 e. The molecule has 12 heteroatoms. The average Bonchev–Trinajstić information content (AvgIpc) is 3.09. The zero-order valence-corrected chi connectivity index (χ0v) is 16.2. The van der Waals surface area contributed by atoms with Crippen LogP contribution >= 0.6 is 38.9 Å². The number of hydrogen-bond acceptors (Lipinski definition) is 5. The van der Waals surface area contributed by atoms with Gasteiger partial charge in [0.05, 0.1) is 15.2 Å². The highest BCUT2D eigenvalue weighted by Crippen LogP contribution is 2.34. The van der Waals surface area contributed by atoms with Crippen LogP contribution in [0.1, 0.15) is 5.01 Å². The number of halogens is 5. The second-order valence-corrected chi connectivity index (χ2v) is 7.55. The fourth-order valence-electron chi connectivity index (χ4n) is 2.35. The van der Waals surface area contributed by atoms with Crippen LogP contribution in [0.15, 0.2) is 22.7 Å². The third-order valence-electron chi connectivity index (χ3n) is 3.69. The maximum absolute atomic E-state index is 12.6. The van der Waals surface area contributed by atoms with Crippen LogP contribution in [0.2, 0.25) is 5.02 Å². The van der Waals surface area contributed by atoms with Gasteiger partial charge in [-0.05, 0) is 28.1 Å². The van der Waals surface area contributed by atoms with E-state index >= 15 is 0 Å². The number of hydrogen-bond donors (Lipinski definition) is 1. The molecule has 2 amide bonds. The summed E-state index contributed by atoms with van der Waals surface area (Å²) in [5, 5.41) is 9.25. The van der Waals surface area contributed by atoms with Gasteiger partial charge in [0, 0.05) is 26.2 Å². The molecule has 1 aromatic heterocycles. The molecule has 0 aliphatic carbocycles. The van der Waals surface area contributed by atoms with Crippen LogP contribution in [0.25, 0.3) is 0 Å². The van der Waals surface area contributed by atoms with Crippen molar-refractivity contribution in [2.45, 2.75) is 6.18 Å². The zero-order chi connectivity index (χ0) is 18.9. The third kappa shape index (κ3) is 4.21. The SMILES string of the molecule is O=C(Nc1cccc(Cl)c1Br)N1CCN(c2nnc(C(F)(F)F)s2)CC1. The van der Waals surface area contributed by atoms with Crippen molar-refractivity contribution in [2.24, 2.45) is 0 Å². The Morgan fingerprint density at radius 3 is 2.54 bits per heavy atom. The highest BCUT2D eigenvalue weighted by molar-refractivity contribution is 9.10. The molecule has 26 heavy (non-hydrogen) atoms. The fraction of sp³-hybridized carbons (Fsp3) is 0.357. The zero-order valence-electron chi connectivity index (χ0n) is 13.1. The number of urea groups is 1. The Kier molecular flexibility index (Phi) is 5.58. The molecule has 6 nitrogen and oxygen atoms in total. The lowest BCUT2D eigenvalue weighted by Crippen LogP contribution is -2.50. The van der Waals surface area contributed by atoms with Crippen molar-refractivity contribution in [3.05, 3.63) is 32.7 Å². The van der Waals surface area contributed by atoms with Crippen LogP contribution in [0, 0.1) is 0 Å². The number of benzene rings is 1. The quantitative estimate of drug-likeness (QED) is 0.710. The fourth-order valence-corrected chi connectivity index (χ4v) is 3.65. The predicted octanol–water partition coefficient (Wildman–Crippen LogP) is 4.33. The highest BCUT2D eigenvalue weighted by atomic mass is 79.9. The lowest BCUT2D eigenvalue weighted by Gasteiger charge is -2.34. The van der Waals surface area contributed by atoms with E-state index in [0.29, 0.717) is 52.7 Å². The number of anilines is 2. The Hall–Kier alpha value is -1.59. The van der Waals surface area contributed by atoms with Gasteiger partial charge in [0.1, 0.15) is 0 Å². The highest BCUT2D eigenvalue weighted by Gasteiger charge is 2.36.